The first kappa shape index (κ1) is 12.9. The number of aromatic nitrogens is 1. The van der Waals surface area contributed by atoms with E-state index in [1.54, 1.807) is 18.3 Å². The number of hydrogen-bond donors (Lipinski definition) is 1. The first-order valence-corrected chi connectivity index (χ1v) is 6.73. The van der Waals surface area contributed by atoms with Gasteiger partial charge in [0.15, 0.2) is 0 Å². The first-order chi connectivity index (χ1) is 9.65. The van der Waals surface area contributed by atoms with E-state index in [2.05, 4.69) is 4.98 Å². The van der Waals surface area contributed by atoms with Crippen LogP contribution in [0.1, 0.15) is 0 Å². The lowest BCUT2D eigenvalue weighted by Gasteiger charge is -2.09. The van der Waals surface area contributed by atoms with Gasteiger partial charge >= 0.3 is 0 Å². The summed E-state index contributed by atoms with van der Waals surface area (Å²) in [6, 6.07) is 10.6. The average Bonchev–Trinajstić information content (AvgIpc) is 2.46. The van der Waals surface area contributed by atoms with E-state index in [9.17, 15) is 8.78 Å². The maximum Gasteiger partial charge on any atom is 0.137 e. The van der Waals surface area contributed by atoms with Crippen molar-refractivity contribution in [3.63, 3.8) is 0 Å². The van der Waals surface area contributed by atoms with Crippen LogP contribution in [0.4, 0.5) is 14.5 Å². The molecule has 100 valence electrons. The Morgan fingerprint density at radius 2 is 1.85 bits per heavy atom. The largest absolute Gasteiger partial charge is 0.397 e. The van der Waals surface area contributed by atoms with Crippen molar-refractivity contribution in [2.24, 2.45) is 0 Å². The Hall–Kier alpha value is -2.14. The van der Waals surface area contributed by atoms with Crippen LogP contribution in [0.25, 0.3) is 10.9 Å². The second-order valence-corrected chi connectivity index (χ2v) is 5.31. The van der Waals surface area contributed by atoms with Gasteiger partial charge < -0.3 is 5.73 Å². The summed E-state index contributed by atoms with van der Waals surface area (Å²) in [5.41, 5.74) is 7.37. The minimum Gasteiger partial charge on any atom is -0.397 e. The van der Waals surface area contributed by atoms with Crippen LogP contribution in [-0.4, -0.2) is 4.98 Å². The molecule has 0 saturated heterocycles. The van der Waals surface area contributed by atoms with Crippen LogP contribution in [0.15, 0.2) is 58.5 Å². The van der Waals surface area contributed by atoms with Crippen molar-refractivity contribution in [3.8, 4) is 0 Å². The van der Waals surface area contributed by atoms with Crippen molar-refractivity contribution in [3.05, 3.63) is 60.3 Å². The number of nitrogens with zero attached hydrogens (tertiary/aromatic N) is 1. The molecule has 2 nitrogen and oxygen atoms in total. The molecule has 1 heterocycles. The van der Waals surface area contributed by atoms with Crippen LogP contribution in [0.5, 0.6) is 0 Å². The first-order valence-electron chi connectivity index (χ1n) is 5.91. The van der Waals surface area contributed by atoms with Crippen LogP contribution >= 0.6 is 11.8 Å². The Bertz CT molecular complexity index is 790. The highest BCUT2D eigenvalue weighted by molar-refractivity contribution is 7.99. The quantitative estimate of drug-likeness (QED) is 0.717. The van der Waals surface area contributed by atoms with Gasteiger partial charge in [-0.15, -0.1) is 0 Å². The van der Waals surface area contributed by atoms with Crippen LogP contribution < -0.4 is 5.73 Å². The number of nitrogen functional groups attached to an aromatic ring is 1. The highest BCUT2D eigenvalue weighted by Crippen LogP contribution is 2.37. The SMILES string of the molecule is Nc1c(Sc2cc(F)ccc2F)ccc2ncccc12. The average molecular weight is 288 g/mol. The molecule has 0 aliphatic rings. The van der Waals surface area contributed by atoms with Crippen LogP contribution in [0.2, 0.25) is 0 Å². The van der Waals surface area contributed by atoms with Crippen molar-refractivity contribution in [2.45, 2.75) is 9.79 Å². The molecule has 0 atom stereocenters. The van der Waals surface area contributed by atoms with Crippen LogP contribution in [0, 0.1) is 11.6 Å². The van der Waals surface area contributed by atoms with E-state index >= 15 is 0 Å². The van der Waals surface area contributed by atoms with Gasteiger partial charge in [0.25, 0.3) is 0 Å². The third kappa shape index (κ3) is 2.32. The third-order valence-electron chi connectivity index (χ3n) is 2.90. The summed E-state index contributed by atoms with van der Waals surface area (Å²) < 4.78 is 26.8. The van der Waals surface area contributed by atoms with Gasteiger partial charge in [-0.25, -0.2) is 8.78 Å². The molecule has 0 spiro atoms. The zero-order chi connectivity index (χ0) is 14.1. The van der Waals surface area contributed by atoms with E-state index in [-0.39, 0.29) is 4.90 Å². The highest BCUT2D eigenvalue weighted by atomic mass is 32.2. The summed E-state index contributed by atoms with van der Waals surface area (Å²) in [5, 5.41) is 0.800. The van der Waals surface area contributed by atoms with Gasteiger partial charge in [0.05, 0.1) is 16.1 Å². The molecule has 1 aromatic heterocycles. The molecular weight excluding hydrogens is 278 g/mol. The summed E-state index contributed by atoms with van der Waals surface area (Å²) in [4.78, 5) is 5.08. The molecule has 0 radical (unpaired) electrons. The minimum atomic E-state index is -0.477. The molecule has 0 saturated carbocycles. The van der Waals surface area contributed by atoms with E-state index in [1.807, 2.05) is 12.1 Å². The second-order valence-electron chi connectivity index (χ2n) is 4.22. The Balaban J connectivity index is 2.07. The van der Waals surface area contributed by atoms with Gasteiger partial charge in [0.1, 0.15) is 11.6 Å². The lowest BCUT2D eigenvalue weighted by molar-refractivity contribution is 0.577. The van der Waals surface area contributed by atoms with Gasteiger partial charge in [0.2, 0.25) is 0 Å². The number of fused-ring (bicyclic) bond motifs is 1. The number of halogens is 2. The molecule has 0 aliphatic heterocycles. The molecule has 0 bridgehead atoms. The fraction of sp³-hybridized carbons (Fsp3) is 0. The van der Waals surface area contributed by atoms with Gasteiger partial charge in [-0.05, 0) is 42.5 Å². The zero-order valence-corrected chi connectivity index (χ0v) is 11.1. The number of nitrogens with two attached hydrogens (primary N) is 1. The van der Waals surface area contributed by atoms with Crippen molar-refractivity contribution in [2.75, 3.05) is 5.73 Å². The Labute approximate surface area is 118 Å². The summed E-state index contributed by atoms with van der Waals surface area (Å²) >= 11 is 1.10. The van der Waals surface area contributed by atoms with Gasteiger partial charge in [-0.3, -0.25) is 4.98 Å². The predicted octanol–water partition coefficient (Wildman–Crippen LogP) is 4.25. The third-order valence-corrected chi connectivity index (χ3v) is 4.01. The smallest absolute Gasteiger partial charge is 0.137 e. The second kappa shape index (κ2) is 5.09. The lowest BCUT2D eigenvalue weighted by atomic mass is 10.2. The molecule has 0 fully saturated rings. The van der Waals surface area contributed by atoms with Crippen molar-refractivity contribution < 1.29 is 8.78 Å². The molecule has 0 aliphatic carbocycles. The highest BCUT2D eigenvalue weighted by Gasteiger charge is 2.10. The number of pyridine rings is 1. The maximum absolute atomic E-state index is 13.7. The minimum absolute atomic E-state index is 0.208. The normalized spacial score (nSPS) is 10.9. The standard InChI is InChI=1S/C15H10F2N2S/c16-9-3-4-11(17)14(8-9)20-13-6-5-12-10(15(13)18)2-1-7-19-12/h1-8H,18H2. The van der Waals surface area contributed by atoms with E-state index in [1.165, 1.54) is 0 Å². The number of anilines is 1. The van der Waals surface area contributed by atoms with Gasteiger partial charge in [-0.2, -0.15) is 0 Å². The van der Waals surface area contributed by atoms with E-state index < -0.39 is 11.6 Å². The van der Waals surface area contributed by atoms with Crippen molar-refractivity contribution in [1.82, 2.24) is 4.98 Å². The molecule has 0 amide bonds. The predicted molar refractivity (Wildman–Crippen MR) is 76.6 cm³/mol. The Kier molecular flexibility index (Phi) is 3.28. The van der Waals surface area contributed by atoms with E-state index in [0.717, 1.165) is 40.9 Å². The van der Waals surface area contributed by atoms with Crippen LogP contribution in [-0.2, 0) is 0 Å². The number of hydrogen-bond acceptors (Lipinski definition) is 3. The summed E-state index contributed by atoms with van der Waals surface area (Å²) in [6.45, 7) is 0. The zero-order valence-electron chi connectivity index (χ0n) is 10.3. The fourth-order valence-corrected chi connectivity index (χ4v) is 2.85. The van der Waals surface area contributed by atoms with Gasteiger partial charge in [0, 0.05) is 16.5 Å². The van der Waals surface area contributed by atoms with Gasteiger partial charge in [-0.1, -0.05) is 11.8 Å². The van der Waals surface area contributed by atoms with E-state index in [0.29, 0.717) is 10.6 Å². The molecule has 5 heteroatoms. The topological polar surface area (TPSA) is 38.9 Å². The molecule has 2 N–H and O–H groups in total. The summed E-state index contributed by atoms with van der Waals surface area (Å²) in [6.07, 6.45) is 1.68. The van der Waals surface area contributed by atoms with Crippen molar-refractivity contribution in [1.29, 1.82) is 0 Å². The molecule has 3 rings (SSSR count). The number of benzene rings is 2. The maximum atomic E-state index is 13.7. The Morgan fingerprint density at radius 3 is 2.70 bits per heavy atom. The molecular formula is C15H10F2N2S. The van der Waals surface area contributed by atoms with E-state index in [4.69, 9.17) is 5.73 Å². The molecule has 2 aromatic carbocycles. The monoisotopic (exact) mass is 288 g/mol. The summed E-state index contributed by atoms with van der Waals surface area (Å²) in [7, 11) is 0. The summed E-state index contributed by atoms with van der Waals surface area (Å²) in [5.74, 6) is -0.947. The molecule has 0 unspecified atom stereocenters. The van der Waals surface area contributed by atoms with Crippen molar-refractivity contribution >= 4 is 28.4 Å². The molecule has 20 heavy (non-hydrogen) atoms. The molecule has 3 aromatic rings. The fourth-order valence-electron chi connectivity index (χ4n) is 1.92. The Morgan fingerprint density at radius 1 is 1.00 bits per heavy atom. The van der Waals surface area contributed by atoms with Crippen LogP contribution in [0.3, 0.4) is 0 Å². The lowest BCUT2D eigenvalue weighted by Crippen LogP contribution is -1.92. The number of rotatable bonds is 2.